The van der Waals surface area contributed by atoms with E-state index in [2.05, 4.69) is 40.7 Å². The third-order valence-electron chi connectivity index (χ3n) is 4.47. The molecule has 0 atom stereocenters. The van der Waals surface area contributed by atoms with Crippen molar-refractivity contribution in [1.29, 1.82) is 5.26 Å². The average molecular weight is 298 g/mol. The van der Waals surface area contributed by atoms with Crippen LogP contribution in [-0.2, 0) is 5.41 Å². The van der Waals surface area contributed by atoms with E-state index in [1.165, 1.54) is 36.4 Å². The summed E-state index contributed by atoms with van der Waals surface area (Å²) in [5, 5.41) is 18.1. The number of thiophene rings is 1. The van der Waals surface area contributed by atoms with Gasteiger partial charge in [-0.1, -0.05) is 0 Å². The van der Waals surface area contributed by atoms with E-state index in [-0.39, 0.29) is 5.41 Å². The number of hydrogen-bond donors (Lipinski definition) is 0. The van der Waals surface area contributed by atoms with Gasteiger partial charge in [-0.2, -0.15) is 5.26 Å². The Kier molecular flexibility index (Phi) is 2.74. The average Bonchev–Trinajstić information content (AvgIpc) is 3.40. The summed E-state index contributed by atoms with van der Waals surface area (Å²) in [6, 6.07) is 6.79. The summed E-state index contributed by atoms with van der Waals surface area (Å²) in [7, 11) is 0. The number of rotatable bonds is 4. The van der Waals surface area contributed by atoms with Gasteiger partial charge in [0.15, 0.2) is 0 Å². The Hall–Kier alpha value is -1.67. The van der Waals surface area contributed by atoms with Crippen molar-refractivity contribution in [3.63, 3.8) is 0 Å². The van der Waals surface area contributed by atoms with Crippen LogP contribution in [0.4, 0.5) is 0 Å². The van der Waals surface area contributed by atoms with Crippen LogP contribution in [0.5, 0.6) is 0 Å². The maximum absolute atomic E-state index is 9.05. The van der Waals surface area contributed by atoms with Crippen LogP contribution in [0.25, 0.3) is 0 Å². The second-order valence-corrected chi connectivity index (χ2v) is 7.74. The smallest absolute Gasteiger partial charge is 0.144 e. The molecular formula is C16H18N4S. The van der Waals surface area contributed by atoms with Crippen molar-refractivity contribution >= 4 is 11.3 Å². The zero-order valence-electron chi connectivity index (χ0n) is 12.3. The van der Waals surface area contributed by atoms with Crippen LogP contribution in [0.15, 0.2) is 12.1 Å². The molecule has 0 unspecified atom stereocenters. The maximum atomic E-state index is 9.05. The molecule has 0 spiro atoms. The minimum atomic E-state index is -0.192. The minimum absolute atomic E-state index is 0.192. The van der Waals surface area contributed by atoms with E-state index in [4.69, 9.17) is 5.26 Å². The Balaban J connectivity index is 1.79. The molecule has 2 aromatic heterocycles. The van der Waals surface area contributed by atoms with Crippen LogP contribution in [-0.4, -0.2) is 14.8 Å². The van der Waals surface area contributed by atoms with E-state index >= 15 is 0 Å². The van der Waals surface area contributed by atoms with Crippen molar-refractivity contribution in [3.05, 3.63) is 33.5 Å². The lowest BCUT2D eigenvalue weighted by atomic mass is 9.90. The first-order valence-electron chi connectivity index (χ1n) is 7.57. The molecule has 0 saturated heterocycles. The van der Waals surface area contributed by atoms with Gasteiger partial charge in [0.25, 0.3) is 0 Å². The van der Waals surface area contributed by atoms with Crippen LogP contribution >= 0.6 is 11.3 Å². The zero-order valence-corrected chi connectivity index (χ0v) is 13.2. The minimum Gasteiger partial charge on any atom is -0.311 e. The van der Waals surface area contributed by atoms with Crippen LogP contribution < -0.4 is 0 Å². The highest BCUT2D eigenvalue weighted by Crippen LogP contribution is 2.47. The summed E-state index contributed by atoms with van der Waals surface area (Å²) in [5.41, 5.74) is -0.192. The lowest BCUT2D eigenvalue weighted by Gasteiger charge is -2.23. The third-order valence-corrected chi connectivity index (χ3v) is 5.78. The van der Waals surface area contributed by atoms with E-state index < -0.39 is 0 Å². The Morgan fingerprint density at radius 2 is 2.00 bits per heavy atom. The van der Waals surface area contributed by atoms with Gasteiger partial charge in [0.2, 0.25) is 0 Å². The molecule has 2 saturated carbocycles. The number of hydrogen-bond acceptors (Lipinski definition) is 4. The SMILES string of the molecule is CC(C)(c1ccc(C#N)s1)c1nnc(C2CC2)n1C1CC1. The van der Waals surface area contributed by atoms with Crippen molar-refractivity contribution < 1.29 is 0 Å². The Bertz CT molecular complexity index is 726. The zero-order chi connectivity index (χ0) is 14.6. The fourth-order valence-electron chi connectivity index (χ4n) is 2.89. The molecule has 0 aliphatic heterocycles. The van der Waals surface area contributed by atoms with Crippen molar-refractivity contribution in [2.45, 2.75) is 56.9 Å². The summed E-state index contributed by atoms with van der Waals surface area (Å²) in [6.45, 7) is 4.39. The van der Waals surface area contributed by atoms with E-state index in [0.717, 1.165) is 10.7 Å². The van der Waals surface area contributed by atoms with Gasteiger partial charge in [-0.25, -0.2) is 0 Å². The number of nitrogens with zero attached hydrogens (tertiary/aromatic N) is 4. The summed E-state index contributed by atoms with van der Waals surface area (Å²) in [5.74, 6) is 2.89. The number of nitriles is 1. The van der Waals surface area contributed by atoms with Crippen LogP contribution in [0, 0.1) is 11.3 Å². The van der Waals surface area contributed by atoms with Gasteiger partial charge < -0.3 is 4.57 Å². The molecule has 2 heterocycles. The van der Waals surface area contributed by atoms with Crippen molar-refractivity contribution in [1.82, 2.24) is 14.8 Å². The van der Waals surface area contributed by atoms with Gasteiger partial charge >= 0.3 is 0 Å². The van der Waals surface area contributed by atoms with Crippen molar-refractivity contribution in [2.24, 2.45) is 0 Å². The third kappa shape index (κ3) is 2.09. The Morgan fingerprint density at radius 1 is 1.24 bits per heavy atom. The van der Waals surface area contributed by atoms with Gasteiger partial charge in [-0.15, -0.1) is 21.5 Å². The Labute approximate surface area is 128 Å². The second-order valence-electron chi connectivity index (χ2n) is 6.66. The topological polar surface area (TPSA) is 54.5 Å². The first-order chi connectivity index (χ1) is 10.1. The monoisotopic (exact) mass is 298 g/mol. The molecule has 108 valence electrons. The first-order valence-corrected chi connectivity index (χ1v) is 8.38. The van der Waals surface area contributed by atoms with Gasteiger partial charge in [-0.3, -0.25) is 0 Å². The van der Waals surface area contributed by atoms with E-state index in [1.54, 1.807) is 11.3 Å². The molecule has 0 amide bonds. The molecule has 0 radical (unpaired) electrons. The lowest BCUT2D eigenvalue weighted by molar-refractivity contribution is 0.533. The van der Waals surface area contributed by atoms with Crippen molar-refractivity contribution in [3.8, 4) is 6.07 Å². The van der Waals surface area contributed by atoms with Crippen LogP contribution in [0.3, 0.4) is 0 Å². The molecule has 2 fully saturated rings. The molecule has 0 bridgehead atoms. The molecule has 2 aromatic rings. The van der Waals surface area contributed by atoms with Crippen LogP contribution in [0.2, 0.25) is 0 Å². The predicted molar refractivity (Wildman–Crippen MR) is 81.4 cm³/mol. The molecular weight excluding hydrogens is 280 g/mol. The van der Waals surface area contributed by atoms with Gasteiger partial charge in [0.05, 0.1) is 5.41 Å². The molecule has 2 aliphatic carbocycles. The van der Waals surface area contributed by atoms with E-state index in [0.29, 0.717) is 12.0 Å². The Morgan fingerprint density at radius 3 is 2.57 bits per heavy atom. The molecule has 5 heteroatoms. The molecule has 4 nitrogen and oxygen atoms in total. The molecule has 2 aliphatic rings. The summed E-state index contributed by atoms with van der Waals surface area (Å²) in [6.07, 6.45) is 5.00. The largest absolute Gasteiger partial charge is 0.311 e. The summed E-state index contributed by atoms with van der Waals surface area (Å²) < 4.78 is 2.41. The molecule has 4 rings (SSSR count). The maximum Gasteiger partial charge on any atom is 0.144 e. The van der Waals surface area contributed by atoms with Crippen LogP contribution in [0.1, 0.15) is 72.9 Å². The quantitative estimate of drug-likeness (QED) is 0.863. The predicted octanol–water partition coefficient (Wildman–Crippen LogP) is 3.75. The van der Waals surface area contributed by atoms with Gasteiger partial charge in [-0.05, 0) is 51.7 Å². The first kappa shape index (κ1) is 13.0. The molecule has 0 N–H and O–H groups in total. The normalized spacial score (nSPS) is 18.7. The highest BCUT2D eigenvalue weighted by molar-refractivity contribution is 7.12. The molecule has 21 heavy (non-hydrogen) atoms. The highest BCUT2D eigenvalue weighted by Gasteiger charge is 2.40. The second kappa shape index (κ2) is 4.41. The fourth-order valence-corrected chi connectivity index (χ4v) is 3.79. The van der Waals surface area contributed by atoms with E-state index in [9.17, 15) is 0 Å². The molecule has 0 aromatic carbocycles. The standard InChI is InChI=1S/C16H18N4S/c1-16(2,13-8-7-12(9-17)21-13)15-19-18-14(10-3-4-10)20(15)11-5-6-11/h7-8,10-11H,3-6H2,1-2H3. The van der Waals surface area contributed by atoms with E-state index in [1.807, 2.05) is 6.07 Å². The van der Waals surface area contributed by atoms with Gasteiger partial charge in [0.1, 0.15) is 22.6 Å². The number of aromatic nitrogens is 3. The summed E-state index contributed by atoms with van der Waals surface area (Å²) >= 11 is 1.57. The highest BCUT2D eigenvalue weighted by atomic mass is 32.1. The fraction of sp³-hybridized carbons (Fsp3) is 0.562. The summed E-state index contributed by atoms with van der Waals surface area (Å²) in [4.78, 5) is 1.95. The van der Waals surface area contributed by atoms with Crippen molar-refractivity contribution in [2.75, 3.05) is 0 Å². The lowest BCUT2D eigenvalue weighted by Crippen LogP contribution is -2.23. The van der Waals surface area contributed by atoms with Gasteiger partial charge in [0, 0.05) is 16.8 Å².